The van der Waals surface area contributed by atoms with E-state index in [4.69, 9.17) is 0 Å². The van der Waals surface area contributed by atoms with Crippen LogP contribution in [0.25, 0.3) is 0 Å². The highest BCUT2D eigenvalue weighted by atomic mass is 19.3. The average Bonchev–Trinajstić information content (AvgIpc) is 2.16. The molecule has 0 aliphatic rings. The van der Waals surface area contributed by atoms with Gasteiger partial charge in [-0.05, 0) is 6.07 Å². The maximum atomic E-state index is 12.3. The van der Waals surface area contributed by atoms with E-state index in [9.17, 15) is 17.6 Å². The van der Waals surface area contributed by atoms with Crippen LogP contribution in [0, 0.1) is 0 Å². The zero-order chi connectivity index (χ0) is 10.6. The predicted octanol–water partition coefficient (Wildman–Crippen LogP) is 1.76. The zero-order valence-electron chi connectivity index (χ0n) is 6.83. The summed E-state index contributed by atoms with van der Waals surface area (Å²) >= 11 is 0. The summed E-state index contributed by atoms with van der Waals surface area (Å²) in [6.45, 7) is -1.41. The fourth-order valence-electron chi connectivity index (χ4n) is 0.598. The van der Waals surface area contributed by atoms with Gasteiger partial charge in [0.2, 0.25) is 5.88 Å². The highest BCUT2D eigenvalue weighted by molar-refractivity contribution is 5.05. The van der Waals surface area contributed by atoms with Crippen LogP contribution in [0.5, 0.6) is 5.88 Å². The van der Waals surface area contributed by atoms with Crippen LogP contribution in [0.1, 0.15) is 0 Å². The fraction of sp³-hybridized carbons (Fsp3) is 0.429. The molecule has 0 N–H and O–H groups in total. The molecule has 0 saturated heterocycles. The molecule has 0 atom stereocenters. The Morgan fingerprint density at radius 1 is 1.43 bits per heavy atom. The maximum absolute atomic E-state index is 12.3. The van der Waals surface area contributed by atoms with Gasteiger partial charge in [0, 0.05) is 12.3 Å². The molecule has 0 fully saturated rings. The summed E-state index contributed by atoms with van der Waals surface area (Å²) in [5.74, 6) is -4.38. The Morgan fingerprint density at radius 3 is 2.64 bits per heavy atom. The minimum Gasteiger partial charge on any atom is -0.470 e. The minimum absolute atomic E-state index is 0.215. The van der Waals surface area contributed by atoms with Gasteiger partial charge >= 0.3 is 12.3 Å². The molecule has 14 heavy (non-hydrogen) atoms. The molecule has 0 aliphatic carbocycles. The molecule has 1 rings (SSSR count). The van der Waals surface area contributed by atoms with Crippen LogP contribution in [0.3, 0.4) is 0 Å². The molecule has 3 nitrogen and oxygen atoms in total. The molecule has 0 spiro atoms. The number of rotatable bonds is 4. The van der Waals surface area contributed by atoms with E-state index in [1.165, 1.54) is 18.3 Å². The van der Waals surface area contributed by atoms with Crippen LogP contribution in [-0.4, -0.2) is 29.2 Å². The second kappa shape index (κ2) is 4.21. The van der Waals surface area contributed by atoms with Crippen molar-refractivity contribution in [2.45, 2.75) is 12.3 Å². The molecule has 0 radical (unpaired) electrons. The summed E-state index contributed by atoms with van der Waals surface area (Å²) in [6, 6.07) is 2.64. The summed E-state index contributed by atoms with van der Waals surface area (Å²) in [7, 11) is 0. The summed E-state index contributed by atoms with van der Waals surface area (Å²) in [6.07, 6.45) is -2.45. The third-order valence-electron chi connectivity index (χ3n) is 1.28. The second-order valence-electron chi connectivity index (χ2n) is 2.41. The Morgan fingerprint density at radius 2 is 2.14 bits per heavy atom. The van der Waals surface area contributed by atoms with Crippen LogP contribution >= 0.6 is 0 Å². The molecule has 1 aromatic rings. The zero-order valence-corrected chi connectivity index (χ0v) is 6.83. The summed E-state index contributed by atoms with van der Waals surface area (Å²) in [4.78, 5) is 0. The van der Waals surface area contributed by atoms with Crippen LogP contribution in [0.4, 0.5) is 17.6 Å². The van der Waals surface area contributed by atoms with Gasteiger partial charge < -0.3 is 4.74 Å². The third-order valence-corrected chi connectivity index (χ3v) is 1.28. The molecule has 0 bridgehead atoms. The monoisotopic (exact) mass is 210 g/mol. The summed E-state index contributed by atoms with van der Waals surface area (Å²) < 4.78 is 52.2. The largest absolute Gasteiger partial charge is 0.470 e. The van der Waals surface area contributed by atoms with Crippen LogP contribution < -0.4 is 4.74 Å². The summed E-state index contributed by atoms with van der Waals surface area (Å²) in [5, 5.41) is 6.61. The number of hydrogen-bond donors (Lipinski definition) is 0. The smallest absolute Gasteiger partial charge is 0.340 e. The molecule has 1 heterocycles. The first-order valence-electron chi connectivity index (χ1n) is 3.59. The first-order valence-corrected chi connectivity index (χ1v) is 3.59. The van der Waals surface area contributed by atoms with Crippen molar-refractivity contribution in [3.63, 3.8) is 0 Å². The van der Waals surface area contributed by atoms with Gasteiger partial charge in [-0.15, -0.1) is 5.10 Å². The number of alkyl halides is 4. The first kappa shape index (κ1) is 10.7. The predicted molar refractivity (Wildman–Crippen MR) is 38.5 cm³/mol. The Hall–Kier alpha value is -1.40. The highest BCUT2D eigenvalue weighted by Gasteiger charge is 2.41. The number of nitrogens with zero attached hydrogens (tertiary/aromatic N) is 2. The van der Waals surface area contributed by atoms with Gasteiger partial charge in [-0.25, -0.2) is 8.78 Å². The number of aromatic nitrogens is 2. The van der Waals surface area contributed by atoms with Crippen molar-refractivity contribution in [1.82, 2.24) is 10.2 Å². The Bertz CT molecular complexity index is 280. The second-order valence-corrected chi connectivity index (χ2v) is 2.41. The van der Waals surface area contributed by atoms with E-state index in [-0.39, 0.29) is 5.88 Å². The molecule has 0 aromatic carbocycles. The van der Waals surface area contributed by atoms with Crippen molar-refractivity contribution in [3.8, 4) is 5.88 Å². The lowest BCUT2D eigenvalue weighted by molar-refractivity contribution is -0.148. The van der Waals surface area contributed by atoms with Gasteiger partial charge in [0.1, 0.15) is 0 Å². The standard InChI is InChI=1S/C7H6F4N2O/c8-6(9)7(10,11)4-14-5-2-1-3-12-13-5/h1-3,6H,4H2. The van der Waals surface area contributed by atoms with Crippen LogP contribution in [0.2, 0.25) is 0 Å². The molecule has 0 amide bonds. The molecule has 7 heteroatoms. The lowest BCUT2D eigenvalue weighted by atomic mass is 10.4. The minimum atomic E-state index is -4.17. The van der Waals surface area contributed by atoms with Crippen molar-refractivity contribution >= 4 is 0 Å². The van der Waals surface area contributed by atoms with E-state index < -0.39 is 19.0 Å². The summed E-state index contributed by atoms with van der Waals surface area (Å²) in [5.41, 5.74) is 0. The number of ether oxygens (including phenoxy) is 1. The lowest BCUT2D eigenvalue weighted by Crippen LogP contribution is -2.33. The SMILES string of the molecule is FC(F)C(F)(F)COc1cccnn1. The van der Waals surface area contributed by atoms with Crippen molar-refractivity contribution in [3.05, 3.63) is 18.3 Å². The Balaban J connectivity index is 2.49. The number of halogens is 4. The first-order chi connectivity index (χ1) is 6.52. The quantitative estimate of drug-likeness (QED) is 0.710. The highest BCUT2D eigenvalue weighted by Crippen LogP contribution is 2.23. The maximum Gasteiger partial charge on any atom is 0.340 e. The fourth-order valence-corrected chi connectivity index (χ4v) is 0.598. The molecular weight excluding hydrogens is 204 g/mol. The van der Waals surface area contributed by atoms with Gasteiger partial charge in [-0.2, -0.15) is 13.9 Å². The molecule has 78 valence electrons. The van der Waals surface area contributed by atoms with Crippen molar-refractivity contribution < 1.29 is 22.3 Å². The molecule has 1 aromatic heterocycles. The van der Waals surface area contributed by atoms with Crippen LogP contribution in [-0.2, 0) is 0 Å². The van der Waals surface area contributed by atoms with Crippen molar-refractivity contribution in [2.24, 2.45) is 0 Å². The van der Waals surface area contributed by atoms with E-state index in [2.05, 4.69) is 14.9 Å². The molecule has 0 aliphatic heterocycles. The normalized spacial score (nSPS) is 11.8. The van der Waals surface area contributed by atoms with Crippen LogP contribution in [0.15, 0.2) is 18.3 Å². The van der Waals surface area contributed by atoms with Crippen molar-refractivity contribution in [2.75, 3.05) is 6.61 Å². The number of hydrogen-bond acceptors (Lipinski definition) is 3. The Labute approximate surface area is 76.7 Å². The van der Waals surface area contributed by atoms with E-state index in [1.807, 2.05) is 0 Å². The molecular formula is C7H6F4N2O. The van der Waals surface area contributed by atoms with E-state index in [0.717, 1.165) is 0 Å². The Kier molecular flexibility index (Phi) is 3.21. The van der Waals surface area contributed by atoms with Gasteiger partial charge in [-0.1, -0.05) is 0 Å². The molecule has 0 unspecified atom stereocenters. The third kappa shape index (κ3) is 2.82. The van der Waals surface area contributed by atoms with E-state index in [0.29, 0.717) is 0 Å². The van der Waals surface area contributed by atoms with E-state index >= 15 is 0 Å². The van der Waals surface area contributed by atoms with Crippen molar-refractivity contribution in [1.29, 1.82) is 0 Å². The molecule has 0 saturated carbocycles. The van der Waals surface area contributed by atoms with Gasteiger partial charge in [-0.3, -0.25) is 0 Å². The lowest BCUT2D eigenvalue weighted by Gasteiger charge is -2.14. The van der Waals surface area contributed by atoms with Gasteiger partial charge in [0.15, 0.2) is 6.61 Å². The van der Waals surface area contributed by atoms with Gasteiger partial charge in [0.05, 0.1) is 0 Å². The van der Waals surface area contributed by atoms with Gasteiger partial charge in [0.25, 0.3) is 0 Å². The van der Waals surface area contributed by atoms with E-state index in [1.54, 1.807) is 0 Å². The topological polar surface area (TPSA) is 35.0 Å². The average molecular weight is 210 g/mol.